The molecule has 0 atom stereocenters. The molecule has 0 aliphatic carbocycles. The van der Waals surface area contributed by atoms with Gasteiger partial charge in [0.2, 0.25) is 0 Å². The lowest BCUT2D eigenvalue weighted by Gasteiger charge is -1.96. The van der Waals surface area contributed by atoms with Gasteiger partial charge in [0.1, 0.15) is 0 Å². The highest BCUT2D eigenvalue weighted by atomic mass is 16.6. The number of allylic oxidation sites excluding steroid dienone is 1. The van der Waals surface area contributed by atoms with Gasteiger partial charge in [-0.3, -0.25) is 10.1 Å². The summed E-state index contributed by atoms with van der Waals surface area (Å²) in [7, 11) is 1.58. The van der Waals surface area contributed by atoms with Crippen LogP contribution in [0.4, 0.5) is 0 Å². The van der Waals surface area contributed by atoms with E-state index in [1.807, 2.05) is 19.9 Å². The van der Waals surface area contributed by atoms with Crippen LogP contribution in [0.25, 0.3) is 0 Å². The Kier molecular flexibility index (Phi) is 26.4. The molecule has 6 heteroatoms. The van der Waals surface area contributed by atoms with E-state index >= 15 is 0 Å². The van der Waals surface area contributed by atoms with E-state index in [1.165, 1.54) is 6.20 Å². The molecule has 0 aromatic rings. The molecule has 0 spiro atoms. The Morgan fingerprint density at radius 1 is 1.40 bits per heavy atom. The van der Waals surface area contributed by atoms with Gasteiger partial charge < -0.3 is 15.8 Å². The molecule has 0 saturated heterocycles. The van der Waals surface area contributed by atoms with Crippen LogP contribution in [-0.2, 0) is 4.74 Å². The molecule has 0 saturated carbocycles. The summed E-state index contributed by atoms with van der Waals surface area (Å²) in [4.78, 5) is 9.42. The zero-order valence-corrected chi connectivity index (χ0v) is 12.9. The van der Waals surface area contributed by atoms with Crippen molar-refractivity contribution in [2.24, 2.45) is 5.73 Å². The molecule has 6 nitrogen and oxygen atoms in total. The number of nitro groups is 1. The predicted octanol–water partition coefficient (Wildman–Crippen LogP) is 2.46. The second-order valence-corrected chi connectivity index (χ2v) is 3.18. The molecule has 0 unspecified atom stereocenters. The van der Waals surface area contributed by atoms with E-state index in [1.54, 1.807) is 13.1 Å². The maximum atomic E-state index is 9.94. The van der Waals surface area contributed by atoms with E-state index in [0.717, 1.165) is 19.4 Å². The maximum Gasteiger partial charge on any atom is 0.275 e. The third kappa shape index (κ3) is 21.6. The minimum Gasteiger partial charge on any atom is -0.389 e. The van der Waals surface area contributed by atoms with Crippen molar-refractivity contribution in [3.05, 3.63) is 47.3 Å². The van der Waals surface area contributed by atoms with Gasteiger partial charge in [0.05, 0.1) is 24.3 Å². The van der Waals surface area contributed by atoms with Gasteiger partial charge in [-0.25, -0.2) is 0 Å². The quantitative estimate of drug-likeness (QED) is 0.294. The first-order valence-corrected chi connectivity index (χ1v) is 6.64. The summed E-state index contributed by atoms with van der Waals surface area (Å²) in [5.41, 5.74) is 4.99. The Labute approximate surface area is 122 Å². The highest BCUT2D eigenvalue weighted by Crippen LogP contribution is 1.89. The van der Waals surface area contributed by atoms with Gasteiger partial charge in [0.15, 0.2) is 0 Å². The van der Waals surface area contributed by atoms with Crippen molar-refractivity contribution in [3.8, 4) is 0 Å². The lowest BCUT2D eigenvalue weighted by atomic mass is 10.3. The number of hydrogen-bond acceptors (Lipinski definition) is 5. The zero-order chi connectivity index (χ0) is 16.2. The van der Waals surface area contributed by atoms with Gasteiger partial charge in [0.25, 0.3) is 5.70 Å². The lowest BCUT2D eigenvalue weighted by Crippen LogP contribution is -2.13. The van der Waals surface area contributed by atoms with Crippen LogP contribution in [0.15, 0.2) is 37.2 Å². The summed E-state index contributed by atoms with van der Waals surface area (Å²) >= 11 is 0. The standard InChI is InChI=1S/C8H14O.C4H9N3O2.C2H6/c1-3-5-6-8-9-7-4-2;1-6-3-4(2-5)7(8)9;1-2/h3-4H,1-2,5-8H2;3,6H,2,5H2,1H3;1-2H3/b;4-3+;. The first kappa shape index (κ1) is 23.4. The summed E-state index contributed by atoms with van der Waals surface area (Å²) in [6.07, 6.45) is 7.03. The molecule has 118 valence electrons. The summed E-state index contributed by atoms with van der Waals surface area (Å²) in [6.45, 7) is 12.6. The Hall–Kier alpha value is -1.66. The van der Waals surface area contributed by atoms with Crippen molar-refractivity contribution in [1.82, 2.24) is 5.32 Å². The highest BCUT2D eigenvalue weighted by Gasteiger charge is 2.04. The molecule has 0 aromatic heterocycles. The molecular formula is C14H29N3O3. The topological polar surface area (TPSA) is 90.4 Å². The van der Waals surface area contributed by atoms with E-state index in [9.17, 15) is 10.1 Å². The summed E-state index contributed by atoms with van der Waals surface area (Å²) in [5, 5.41) is 12.5. The number of rotatable bonds is 9. The third-order valence-electron chi connectivity index (χ3n) is 1.69. The number of nitrogens with two attached hydrogens (primary N) is 1. The molecule has 0 radical (unpaired) electrons. The van der Waals surface area contributed by atoms with E-state index in [0.29, 0.717) is 6.61 Å². The molecule has 0 fully saturated rings. The van der Waals surface area contributed by atoms with Gasteiger partial charge in [0, 0.05) is 13.7 Å². The highest BCUT2D eigenvalue weighted by molar-refractivity contribution is 4.89. The Bertz CT molecular complexity index is 256. The molecule has 0 bridgehead atoms. The lowest BCUT2D eigenvalue weighted by molar-refractivity contribution is -0.425. The summed E-state index contributed by atoms with van der Waals surface area (Å²) in [5.74, 6) is 0. The molecule has 0 heterocycles. The Morgan fingerprint density at radius 3 is 2.30 bits per heavy atom. The van der Waals surface area contributed by atoms with E-state index in [2.05, 4.69) is 18.5 Å². The monoisotopic (exact) mass is 287 g/mol. The van der Waals surface area contributed by atoms with Crippen LogP contribution in [0.1, 0.15) is 26.7 Å². The number of ether oxygens (including phenoxy) is 1. The second-order valence-electron chi connectivity index (χ2n) is 3.18. The van der Waals surface area contributed by atoms with Crippen LogP contribution in [-0.4, -0.2) is 31.7 Å². The number of hydrogen-bond donors (Lipinski definition) is 2. The first-order valence-electron chi connectivity index (χ1n) is 6.64. The fourth-order valence-electron chi connectivity index (χ4n) is 0.849. The number of nitrogens with zero attached hydrogens (tertiary/aromatic N) is 1. The number of nitrogens with one attached hydrogen (secondary N) is 1. The summed E-state index contributed by atoms with van der Waals surface area (Å²) < 4.78 is 5.12. The normalized spacial score (nSPS) is 9.30. The first-order chi connectivity index (χ1) is 9.63. The van der Waals surface area contributed by atoms with Crippen LogP contribution in [0.5, 0.6) is 0 Å². The van der Waals surface area contributed by atoms with Crippen LogP contribution >= 0.6 is 0 Å². The average molecular weight is 287 g/mol. The van der Waals surface area contributed by atoms with Crippen LogP contribution < -0.4 is 11.1 Å². The van der Waals surface area contributed by atoms with Crippen molar-refractivity contribution in [2.45, 2.75) is 26.7 Å². The smallest absolute Gasteiger partial charge is 0.275 e. The fourth-order valence-corrected chi connectivity index (χ4v) is 0.849. The van der Waals surface area contributed by atoms with E-state index in [4.69, 9.17) is 10.5 Å². The Morgan fingerprint density at radius 2 is 2.00 bits per heavy atom. The van der Waals surface area contributed by atoms with Crippen LogP contribution in [0.3, 0.4) is 0 Å². The van der Waals surface area contributed by atoms with Crippen molar-refractivity contribution in [2.75, 3.05) is 26.8 Å². The minimum atomic E-state index is -0.517. The maximum absolute atomic E-state index is 9.94. The minimum absolute atomic E-state index is 0.0162. The molecule has 0 aliphatic heterocycles. The third-order valence-corrected chi connectivity index (χ3v) is 1.69. The zero-order valence-electron chi connectivity index (χ0n) is 12.9. The van der Waals surface area contributed by atoms with Gasteiger partial charge in [-0.1, -0.05) is 26.0 Å². The molecular weight excluding hydrogens is 258 g/mol. The molecule has 0 aliphatic rings. The van der Waals surface area contributed by atoms with Crippen molar-refractivity contribution in [1.29, 1.82) is 0 Å². The summed E-state index contributed by atoms with van der Waals surface area (Å²) in [6, 6.07) is 0. The van der Waals surface area contributed by atoms with Gasteiger partial charge in [-0.05, 0) is 12.8 Å². The van der Waals surface area contributed by atoms with Gasteiger partial charge in [-0.15, -0.1) is 13.2 Å². The molecule has 0 rings (SSSR count). The van der Waals surface area contributed by atoms with Crippen molar-refractivity contribution < 1.29 is 9.66 Å². The van der Waals surface area contributed by atoms with Crippen molar-refractivity contribution >= 4 is 0 Å². The predicted molar refractivity (Wildman–Crippen MR) is 85.0 cm³/mol. The molecule has 0 aromatic carbocycles. The SMILES string of the molecule is C=CCCCOCC=C.CC.CN/C=C(\CN)[N+](=O)[O-]. The Balaban J connectivity index is -0.000000257. The molecule has 0 amide bonds. The van der Waals surface area contributed by atoms with Crippen LogP contribution in [0.2, 0.25) is 0 Å². The van der Waals surface area contributed by atoms with E-state index < -0.39 is 4.92 Å². The van der Waals surface area contributed by atoms with Gasteiger partial charge >= 0.3 is 0 Å². The number of unbranched alkanes of at least 4 members (excludes halogenated alkanes) is 1. The largest absolute Gasteiger partial charge is 0.389 e. The van der Waals surface area contributed by atoms with Crippen LogP contribution in [0, 0.1) is 10.1 Å². The molecule has 20 heavy (non-hydrogen) atoms. The van der Waals surface area contributed by atoms with Gasteiger partial charge in [-0.2, -0.15) is 0 Å². The van der Waals surface area contributed by atoms with Crippen molar-refractivity contribution in [3.63, 3.8) is 0 Å². The fraction of sp³-hybridized carbons (Fsp3) is 0.571. The molecule has 3 N–H and O–H groups in total. The van der Waals surface area contributed by atoms with E-state index in [-0.39, 0.29) is 12.2 Å². The average Bonchev–Trinajstić information content (AvgIpc) is 2.47. The second kappa shape index (κ2) is 22.5.